The maximum Gasteiger partial charge on any atom is 0.249 e. The van der Waals surface area contributed by atoms with Gasteiger partial charge in [-0.25, -0.2) is 4.39 Å². The summed E-state index contributed by atoms with van der Waals surface area (Å²) in [5, 5.41) is 76.4. The summed E-state index contributed by atoms with van der Waals surface area (Å²) in [7, 11) is 0. The molecule has 0 radical (unpaired) electrons. The molecule has 22 heteroatoms. The summed E-state index contributed by atoms with van der Waals surface area (Å²) < 4.78 is 49.3. The van der Waals surface area contributed by atoms with Gasteiger partial charge in [0, 0.05) is 19.1 Å². The average molecular weight is 718 g/mol. The Balaban J connectivity index is 1.57. The predicted molar refractivity (Wildman–Crippen MR) is 161 cm³/mol. The maximum absolute atomic E-state index is 14.6. The smallest absolute Gasteiger partial charge is 0.249 e. The van der Waals surface area contributed by atoms with Crippen molar-refractivity contribution < 1.29 is 73.4 Å². The van der Waals surface area contributed by atoms with Crippen LogP contribution in [0.5, 0.6) is 0 Å². The van der Waals surface area contributed by atoms with Crippen LogP contribution in [0, 0.1) is 0 Å². The summed E-state index contributed by atoms with van der Waals surface area (Å²) in [6, 6.07) is -5.00. The molecule has 0 bridgehead atoms. The van der Waals surface area contributed by atoms with Gasteiger partial charge in [0.1, 0.15) is 73.2 Å². The summed E-state index contributed by atoms with van der Waals surface area (Å²) >= 11 is 0. The number of hydrogen-bond donors (Lipinski definition) is 14. The Kier molecular flexibility index (Phi) is 14.4. The normalized spacial score (nSPS) is 48.3. The van der Waals surface area contributed by atoms with E-state index in [1.54, 1.807) is 0 Å². The molecule has 20 N–H and O–H groups in total. The first-order valence-corrected chi connectivity index (χ1v) is 16.1. The monoisotopic (exact) mass is 717 g/mol. The third-order valence-electron chi connectivity index (χ3n) is 9.35. The fraction of sp³-hybridized carbons (Fsp3) is 0.963. The second kappa shape index (κ2) is 17.4. The standard InChI is InChI=1S/C27H52FN7O14/c28-13-10(4-30)44-25(14(33)18(13)40)47-21-7(32)3-8(35-24(43)9(37)1-2-29)16(38)23(21)49-27-20(42)22(12(6-36)46-27)48-26-15(34)19(41)17(39)11(5-31)45-26/h7-23,25-27,36-42H,1-6,29-34H2,(H,35,43)/t7-,8+,9-,10+,11-,12+,13-,14+,15+,16-,17+,18-,19+,20+,21+,22+,23+,25+,26+,27-/m0/s1. The molecule has 0 spiro atoms. The van der Waals surface area contributed by atoms with E-state index >= 15 is 0 Å². The van der Waals surface area contributed by atoms with E-state index in [-0.39, 0.29) is 32.5 Å². The average Bonchev–Trinajstić information content (AvgIpc) is 3.38. The zero-order chi connectivity index (χ0) is 36.3. The Hall–Kier alpha value is -1.36. The lowest BCUT2D eigenvalue weighted by Crippen LogP contribution is -2.68. The molecule has 1 amide bonds. The molecule has 4 fully saturated rings. The third kappa shape index (κ3) is 8.65. The number of rotatable bonds is 13. The number of nitrogens with two attached hydrogens (primary N) is 6. The van der Waals surface area contributed by atoms with Crippen LogP contribution >= 0.6 is 0 Å². The van der Waals surface area contributed by atoms with Crippen molar-refractivity contribution in [3.63, 3.8) is 0 Å². The minimum atomic E-state index is -1.93. The molecule has 1 saturated carbocycles. The highest BCUT2D eigenvalue weighted by molar-refractivity contribution is 5.80. The molecule has 4 rings (SSSR count). The fourth-order valence-electron chi connectivity index (χ4n) is 6.39. The van der Waals surface area contributed by atoms with Gasteiger partial charge in [-0.3, -0.25) is 4.79 Å². The Morgan fingerprint density at radius 2 is 1.31 bits per heavy atom. The molecule has 3 saturated heterocycles. The van der Waals surface area contributed by atoms with Crippen molar-refractivity contribution in [1.82, 2.24) is 5.32 Å². The van der Waals surface area contributed by atoms with Crippen LogP contribution in [0.25, 0.3) is 0 Å². The van der Waals surface area contributed by atoms with Crippen molar-refractivity contribution >= 4 is 5.91 Å². The number of nitrogens with one attached hydrogen (secondary N) is 1. The molecule has 21 nitrogen and oxygen atoms in total. The zero-order valence-corrected chi connectivity index (χ0v) is 26.6. The lowest BCUT2D eigenvalue weighted by Gasteiger charge is -2.47. The second-order valence-electron chi connectivity index (χ2n) is 12.7. The van der Waals surface area contributed by atoms with Crippen LogP contribution < -0.4 is 39.7 Å². The second-order valence-corrected chi connectivity index (χ2v) is 12.7. The molecule has 49 heavy (non-hydrogen) atoms. The van der Waals surface area contributed by atoms with E-state index in [0.717, 1.165) is 0 Å². The van der Waals surface area contributed by atoms with Crippen molar-refractivity contribution in [2.75, 3.05) is 26.2 Å². The van der Waals surface area contributed by atoms with Crippen molar-refractivity contribution in [2.45, 2.75) is 135 Å². The largest absolute Gasteiger partial charge is 0.394 e. The zero-order valence-electron chi connectivity index (χ0n) is 26.6. The minimum absolute atomic E-state index is 0.00458. The fourth-order valence-corrected chi connectivity index (χ4v) is 6.39. The highest BCUT2D eigenvalue weighted by atomic mass is 19.1. The number of ether oxygens (including phenoxy) is 6. The molecule has 0 aromatic heterocycles. The lowest BCUT2D eigenvalue weighted by molar-refractivity contribution is -0.303. The van der Waals surface area contributed by atoms with Crippen molar-refractivity contribution in [2.24, 2.45) is 34.4 Å². The van der Waals surface area contributed by atoms with Gasteiger partial charge in [0.25, 0.3) is 0 Å². The first kappa shape index (κ1) is 40.4. The third-order valence-corrected chi connectivity index (χ3v) is 9.35. The summed E-state index contributed by atoms with van der Waals surface area (Å²) in [5.41, 5.74) is 35.1. The SMILES string of the molecule is NCC[C@H](O)C(=O)N[C@@H]1C[C@H](N)[C@@H](O[C@H]2O[C@H](CN)[C@H](F)[C@H](O)[C@H]2N)[C@H](O[C@@H]2O[C@H](CO)[C@@H](O[C@H]3O[C@@H](CN)[C@@H](O)[C@H](O)[C@H]3N)[C@H]2O)[C@H]1O. The van der Waals surface area contributed by atoms with Crippen LogP contribution in [0.2, 0.25) is 0 Å². The van der Waals surface area contributed by atoms with E-state index in [1.807, 2.05) is 0 Å². The van der Waals surface area contributed by atoms with Gasteiger partial charge in [0.05, 0.1) is 24.7 Å². The summed E-state index contributed by atoms with van der Waals surface area (Å²) in [6.07, 6.45) is -24.5. The number of hydrogen-bond acceptors (Lipinski definition) is 20. The Morgan fingerprint density at radius 3 is 1.90 bits per heavy atom. The minimum Gasteiger partial charge on any atom is -0.394 e. The topological polar surface area (TPSA) is 382 Å². The van der Waals surface area contributed by atoms with Crippen LogP contribution in [0.15, 0.2) is 0 Å². The quantitative estimate of drug-likeness (QED) is 0.0840. The molecule has 0 unspecified atom stereocenters. The highest BCUT2D eigenvalue weighted by Crippen LogP contribution is 2.35. The van der Waals surface area contributed by atoms with E-state index in [9.17, 15) is 44.9 Å². The van der Waals surface area contributed by atoms with Crippen molar-refractivity contribution in [1.29, 1.82) is 0 Å². The van der Waals surface area contributed by atoms with E-state index in [4.69, 9.17) is 62.8 Å². The van der Waals surface area contributed by atoms with Gasteiger partial charge in [-0.15, -0.1) is 0 Å². The Bertz CT molecular complexity index is 1060. The van der Waals surface area contributed by atoms with E-state index in [2.05, 4.69) is 5.32 Å². The van der Waals surface area contributed by atoms with Gasteiger partial charge >= 0.3 is 0 Å². The number of alkyl halides is 1. The molecular weight excluding hydrogens is 665 g/mol. The molecule has 1 aliphatic carbocycles. The Labute approximate surface area is 280 Å². The van der Waals surface area contributed by atoms with Gasteiger partial charge in [0.2, 0.25) is 5.91 Å². The summed E-state index contributed by atoms with van der Waals surface area (Å²) in [5.74, 6) is -0.863. The highest BCUT2D eigenvalue weighted by Gasteiger charge is 2.55. The van der Waals surface area contributed by atoms with Crippen LogP contribution in [0.4, 0.5) is 4.39 Å². The van der Waals surface area contributed by atoms with Gasteiger partial charge in [-0.1, -0.05) is 0 Å². The Morgan fingerprint density at radius 1 is 0.755 bits per heavy atom. The molecule has 4 aliphatic rings. The van der Waals surface area contributed by atoms with Gasteiger partial charge in [-0.05, 0) is 19.4 Å². The molecule has 0 aromatic rings. The number of halogens is 1. The van der Waals surface area contributed by atoms with Crippen molar-refractivity contribution in [3.8, 4) is 0 Å². The van der Waals surface area contributed by atoms with Gasteiger partial charge in [-0.2, -0.15) is 0 Å². The number of aliphatic hydroxyl groups excluding tert-OH is 7. The number of amides is 1. The molecule has 20 atom stereocenters. The predicted octanol–water partition coefficient (Wildman–Crippen LogP) is -9.05. The van der Waals surface area contributed by atoms with Crippen LogP contribution in [-0.2, 0) is 33.2 Å². The van der Waals surface area contributed by atoms with Gasteiger partial charge in [0.15, 0.2) is 25.0 Å². The van der Waals surface area contributed by atoms with E-state index in [0.29, 0.717) is 0 Å². The summed E-state index contributed by atoms with van der Waals surface area (Å²) in [4.78, 5) is 12.6. The van der Waals surface area contributed by atoms with E-state index < -0.39 is 135 Å². The lowest BCUT2D eigenvalue weighted by atomic mass is 9.83. The van der Waals surface area contributed by atoms with E-state index in [1.165, 1.54) is 0 Å². The summed E-state index contributed by atoms with van der Waals surface area (Å²) in [6.45, 7) is -1.29. The number of carbonyl (C=O) groups is 1. The van der Waals surface area contributed by atoms with Gasteiger partial charge < -0.3 is 104 Å². The molecule has 3 aliphatic heterocycles. The molecule has 0 aromatic carbocycles. The van der Waals surface area contributed by atoms with Crippen molar-refractivity contribution in [3.05, 3.63) is 0 Å². The number of carbonyl (C=O) groups excluding carboxylic acids is 1. The van der Waals surface area contributed by atoms with Crippen LogP contribution in [0.1, 0.15) is 12.8 Å². The molecule has 3 heterocycles. The van der Waals surface area contributed by atoms with Crippen LogP contribution in [0.3, 0.4) is 0 Å². The first-order valence-electron chi connectivity index (χ1n) is 16.1. The molecular formula is C27H52FN7O14. The first-order chi connectivity index (χ1) is 23.2. The van der Waals surface area contributed by atoms with Crippen LogP contribution in [-0.4, -0.2) is 190 Å². The number of aliphatic hydroxyl groups is 7. The maximum atomic E-state index is 14.6. The molecule has 286 valence electrons.